The number of rotatable bonds is 7. The number of hydrogen-bond acceptors (Lipinski definition) is 4. The van der Waals surface area contributed by atoms with Crippen LogP contribution in [-0.2, 0) is 17.9 Å². The lowest BCUT2D eigenvalue weighted by molar-refractivity contribution is 0.0963. The number of nitrogens with zero attached hydrogens (tertiary/aromatic N) is 2. The van der Waals surface area contributed by atoms with Gasteiger partial charge in [-0.3, -0.25) is 4.99 Å². The van der Waals surface area contributed by atoms with Gasteiger partial charge in [-0.2, -0.15) is 0 Å². The minimum absolute atomic E-state index is 0.226. The first-order chi connectivity index (χ1) is 15.2. The van der Waals surface area contributed by atoms with Gasteiger partial charge < -0.3 is 25.0 Å². The fourth-order valence-electron chi connectivity index (χ4n) is 3.51. The Labute approximate surface area is 184 Å². The largest absolute Gasteiger partial charge is 0.489 e. The van der Waals surface area contributed by atoms with Crippen LogP contribution in [0.15, 0.2) is 59.6 Å². The molecule has 31 heavy (non-hydrogen) atoms. The Hall–Kier alpha value is -3.22. The summed E-state index contributed by atoms with van der Waals surface area (Å²) in [5.74, 6) is 1.60. The van der Waals surface area contributed by atoms with Crippen molar-refractivity contribution in [2.24, 2.45) is 4.99 Å². The van der Waals surface area contributed by atoms with Crippen molar-refractivity contribution in [1.82, 2.24) is 15.5 Å². The second kappa shape index (κ2) is 11.8. The van der Waals surface area contributed by atoms with E-state index in [0.29, 0.717) is 32.8 Å². The number of nitrogens with one attached hydrogen (secondary N) is 2. The smallest absolute Gasteiger partial charge is 0.409 e. The normalized spacial score (nSPS) is 14.8. The molecule has 0 aromatic heterocycles. The molecule has 0 spiro atoms. The molecular formula is C24H32N4O3. The van der Waals surface area contributed by atoms with Gasteiger partial charge in [0.25, 0.3) is 0 Å². The standard InChI is InChI=1S/C24H32N4O3/c1-3-30-24(29)28-15-13-21(14-16-28)27-23(25-2)26-17-20-11-7-8-12-22(20)31-18-19-9-5-4-6-10-19/h4-12,21H,3,13-18H2,1-2H3,(H2,25,26,27). The molecule has 3 rings (SSSR count). The molecule has 0 bridgehead atoms. The van der Waals surface area contributed by atoms with Gasteiger partial charge in [-0.05, 0) is 31.4 Å². The number of aliphatic imine (C=N–C) groups is 1. The molecule has 1 saturated heterocycles. The average Bonchev–Trinajstić information content (AvgIpc) is 2.82. The molecular weight excluding hydrogens is 392 g/mol. The highest BCUT2D eigenvalue weighted by molar-refractivity contribution is 5.80. The molecule has 1 amide bonds. The van der Waals surface area contributed by atoms with E-state index in [2.05, 4.69) is 33.8 Å². The van der Waals surface area contributed by atoms with Crippen molar-refractivity contribution in [2.75, 3.05) is 26.7 Å². The van der Waals surface area contributed by atoms with Crippen LogP contribution in [0.3, 0.4) is 0 Å². The molecule has 2 aromatic carbocycles. The maximum atomic E-state index is 11.9. The van der Waals surface area contributed by atoms with Gasteiger partial charge in [0.05, 0.1) is 6.61 Å². The predicted molar refractivity (Wildman–Crippen MR) is 122 cm³/mol. The summed E-state index contributed by atoms with van der Waals surface area (Å²) in [6.45, 7) is 4.74. The summed E-state index contributed by atoms with van der Waals surface area (Å²) < 4.78 is 11.1. The minimum atomic E-state index is -0.226. The molecule has 1 aliphatic heterocycles. The summed E-state index contributed by atoms with van der Waals surface area (Å²) in [5.41, 5.74) is 2.20. The van der Waals surface area contributed by atoms with Crippen LogP contribution in [0.25, 0.3) is 0 Å². The molecule has 0 radical (unpaired) electrons. The second-order valence-electron chi connectivity index (χ2n) is 7.41. The van der Waals surface area contributed by atoms with Gasteiger partial charge in [0.1, 0.15) is 12.4 Å². The molecule has 0 unspecified atom stereocenters. The number of carbonyl (C=O) groups is 1. The third-order valence-electron chi connectivity index (χ3n) is 5.24. The summed E-state index contributed by atoms with van der Waals surface area (Å²) in [7, 11) is 1.76. The van der Waals surface area contributed by atoms with Gasteiger partial charge in [0.15, 0.2) is 5.96 Å². The number of carbonyl (C=O) groups excluding carboxylic acids is 1. The number of piperidine rings is 1. The topological polar surface area (TPSA) is 75.2 Å². The van der Waals surface area contributed by atoms with E-state index in [-0.39, 0.29) is 12.1 Å². The molecule has 0 saturated carbocycles. The van der Waals surface area contributed by atoms with Crippen molar-refractivity contribution in [3.05, 3.63) is 65.7 Å². The van der Waals surface area contributed by atoms with Crippen molar-refractivity contribution in [1.29, 1.82) is 0 Å². The fraction of sp³-hybridized carbons (Fsp3) is 0.417. The van der Waals surface area contributed by atoms with E-state index in [0.717, 1.165) is 35.7 Å². The van der Waals surface area contributed by atoms with Crippen LogP contribution in [0, 0.1) is 0 Å². The zero-order valence-corrected chi connectivity index (χ0v) is 18.3. The number of hydrogen-bond donors (Lipinski definition) is 2. The lowest BCUT2D eigenvalue weighted by Gasteiger charge is -2.32. The van der Waals surface area contributed by atoms with Crippen molar-refractivity contribution >= 4 is 12.1 Å². The van der Waals surface area contributed by atoms with Crippen molar-refractivity contribution in [3.8, 4) is 5.75 Å². The Bertz CT molecular complexity index is 849. The molecule has 166 valence electrons. The quantitative estimate of drug-likeness (QED) is 0.525. The van der Waals surface area contributed by atoms with Crippen molar-refractivity contribution < 1.29 is 14.3 Å². The summed E-state index contributed by atoms with van der Waals surface area (Å²) >= 11 is 0. The number of amides is 1. The number of likely N-dealkylation sites (tertiary alicyclic amines) is 1. The lowest BCUT2D eigenvalue weighted by atomic mass is 10.1. The maximum absolute atomic E-state index is 11.9. The van der Waals surface area contributed by atoms with Crippen LogP contribution in [-0.4, -0.2) is 49.7 Å². The van der Waals surface area contributed by atoms with Gasteiger partial charge in [-0.25, -0.2) is 4.79 Å². The third kappa shape index (κ3) is 6.91. The summed E-state index contributed by atoms with van der Waals surface area (Å²) in [6, 6.07) is 18.4. The first kappa shape index (κ1) is 22.5. The van der Waals surface area contributed by atoms with Crippen molar-refractivity contribution in [3.63, 3.8) is 0 Å². The second-order valence-corrected chi connectivity index (χ2v) is 7.41. The molecule has 1 fully saturated rings. The summed E-state index contributed by atoms with van der Waals surface area (Å²) in [4.78, 5) is 18.0. The van der Waals surface area contributed by atoms with Crippen LogP contribution in [0.2, 0.25) is 0 Å². The van der Waals surface area contributed by atoms with Crippen LogP contribution in [0.4, 0.5) is 4.79 Å². The maximum Gasteiger partial charge on any atom is 0.409 e. The predicted octanol–water partition coefficient (Wildman–Crippen LogP) is 3.55. The molecule has 2 N–H and O–H groups in total. The van der Waals surface area contributed by atoms with E-state index in [4.69, 9.17) is 9.47 Å². The molecule has 7 heteroatoms. The molecule has 1 aliphatic rings. The zero-order chi connectivity index (χ0) is 21.9. The highest BCUT2D eigenvalue weighted by Crippen LogP contribution is 2.19. The summed E-state index contributed by atoms with van der Waals surface area (Å²) in [6.07, 6.45) is 1.49. The van der Waals surface area contributed by atoms with Gasteiger partial charge >= 0.3 is 6.09 Å². The van der Waals surface area contributed by atoms with Gasteiger partial charge in [0.2, 0.25) is 0 Å². The zero-order valence-electron chi connectivity index (χ0n) is 18.3. The van der Waals surface area contributed by atoms with E-state index in [1.54, 1.807) is 11.9 Å². The lowest BCUT2D eigenvalue weighted by Crippen LogP contribution is -2.49. The molecule has 1 heterocycles. The van der Waals surface area contributed by atoms with E-state index in [1.165, 1.54) is 0 Å². The Morgan fingerprint density at radius 1 is 1.10 bits per heavy atom. The average molecular weight is 425 g/mol. The fourth-order valence-corrected chi connectivity index (χ4v) is 3.51. The Morgan fingerprint density at radius 3 is 2.52 bits per heavy atom. The van der Waals surface area contributed by atoms with Gasteiger partial charge in [-0.15, -0.1) is 0 Å². The first-order valence-electron chi connectivity index (χ1n) is 10.8. The minimum Gasteiger partial charge on any atom is -0.489 e. The third-order valence-corrected chi connectivity index (χ3v) is 5.24. The van der Waals surface area contributed by atoms with E-state index in [9.17, 15) is 4.79 Å². The monoisotopic (exact) mass is 424 g/mol. The Balaban J connectivity index is 1.48. The number of ether oxygens (including phenoxy) is 2. The number of para-hydroxylation sites is 1. The molecule has 0 atom stereocenters. The molecule has 2 aromatic rings. The number of guanidine groups is 1. The van der Waals surface area contributed by atoms with E-state index in [1.807, 2.05) is 43.3 Å². The highest BCUT2D eigenvalue weighted by Gasteiger charge is 2.24. The van der Waals surface area contributed by atoms with Gasteiger partial charge in [-0.1, -0.05) is 48.5 Å². The van der Waals surface area contributed by atoms with Crippen LogP contribution < -0.4 is 15.4 Å². The number of benzene rings is 2. The SMILES string of the molecule is CCOC(=O)N1CCC(NC(=NC)NCc2ccccc2OCc2ccccc2)CC1. The molecule has 7 nitrogen and oxygen atoms in total. The summed E-state index contributed by atoms with van der Waals surface area (Å²) in [5, 5.41) is 6.84. The Kier molecular flexibility index (Phi) is 8.58. The van der Waals surface area contributed by atoms with Crippen LogP contribution in [0.1, 0.15) is 30.9 Å². The first-order valence-corrected chi connectivity index (χ1v) is 10.8. The van der Waals surface area contributed by atoms with Crippen LogP contribution >= 0.6 is 0 Å². The highest BCUT2D eigenvalue weighted by atomic mass is 16.6. The van der Waals surface area contributed by atoms with Gasteiger partial charge in [0, 0.05) is 38.3 Å². The van der Waals surface area contributed by atoms with E-state index < -0.39 is 0 Å². The van der Waals surface area contributed by atoms with E-state index >= 15 is 0 Å². The van der Waals surface area contributed by atoms with Crippen LogP contribution in [0.5, 0.6) is 5.75 Å². The molecule has 0 aliphatic carbocycles. The Morgan fingerprint density at radius 2 is 1.81 bits per heavy atom. The van der Waals surface area contributed by atoms with Crippen molar-refractivity contribution in [2.45, 2.75) is 39.0 Å².